The molecule has 0 saturated heterocycles. The van der Waals surface area contributed by atoms with Crippen molar-refractivity contribution in [2.45, 2.75) is 33.2 Å². The summed E-state index contributed by atoms with van der Waals surface area (Å²) in [6.45, 7) is 6.60. The Morgan fingerprint density at radius 2 is 2.17 bits per heavy atom. The second-order valence-corrected chi connectivity index (χ2v) is 5.91. The van der Waals surface area contributed by atoms with Crippen molar-refractivity contribution in [3.63, 3.8) is 0 Å². The van der Waals surface area contributed by atoms with Crippen molar-refractivity contribution < 1.29 is 4.42 Å². The highest BCUT2D eigenvalue weighted by Crippen LogP contribution is 2.28. The van der Waals surface area contributed by atoms with E-state index in [2.05, 4.69) is 31.1 Å². The standard InChI is InChI=1S/C14H19ClN2O/c1-14(2,3)12(4-7-15)17-13-10-6-9-18-11(10)5-8-16-13/h5-6,8-9,12H,4,7H2,1-3H3,(H,16,17). The van der Waals surface area contributed by atoms with Gasteiger partial charge in [0.1, 0.15) is 11.4 Å². The molecule has 1 N–H and O–H groups in total. The van der Waals surface area contributed by atoms with E-state index in [1.54, 1.807) is 12.5 Å². The molecule has 0 fully saturated rings. The Kier molecular flexibility index (Phi) is 3.81. The van der Waals surface area contributed by atoms with Gasteiger partial charge in [-0.3, -0.25) is 0 Å². The van der Waals surface area contributed by atoms with Crippen LogP contribution < -0.4 is 5.32 Å². The maximum absolute atomic E-state index is 5.89. The Labute approximate surface area is 113 Å². The molecule has 1 unspecified atom stereocenters. The summed E-state index contributed by atoms with van der Waals surface area (Å²) in [5.41, 5.74) is 0.980. The van der Waals surface area contributed by atoms with E-state index in [4.69, 9.17) is 16.0 Å². The lowest BCUT2D eigenvalue weighted by atomic mass is 9.85. The summed E-state index contributed by atoms with van der Waals surface area (Å²) in [7, 11) is 0. The third-order valence-electron chi connectivity index (χ3n) is 3.13. The maximum atomic E-state index is 5.89. The number of pyridine rings is 1. The lowest BCUT2D eigenvalue weighted by Gasteiger charge is -2.31. The molecule has 2 heterocycles. The zero-order valence-corrected chi connectivity index (χ0v) is 11.8. The van der Waals surface area contributed by atoms with Crippen LogP contribution in [-0.2, 0) is 0 Å². The number of furan rings is 1. The largest absolute Gasteiger partial charge is 0.464 e. The van der Waals surface area contributed by atoms with Crippen molar-refractivity contribution in [2.24, 2.45) is 5.41 Å². The van der Waals surface area contributed by atoms with Crippen molar-refractivity contribution in [1.82, 2.24) is 4.98 Å². The highest BCUT2D eigenvalue weighted by Gasteiger charge is 2.24. The van der Waals surface area contributed by atoms with Crippen LogP contribution in [0.1, 0.15) is 27.2 Å². The fraction of sp³-hybridized carbons (Fsp3) is 0.500. The summed E-state index contributed by atoms with van der Waals surface area (Å²) >= 11 is 5.89. The number of nitrogens with one attached hydrogen (secondary N) is 1. The molecule has 0 radical (unpaired) electrons. The average Bonchev–Trinajstić information content (AvgIpc) is 2.76. The van der Waals surface area contributed by atoms with Crippen LogP contribution in [0.5, 0.6) is 0 Å². The number of hydrogen-bond donors (Lipinski definition) is 1. The topological polar surface area (TPSA) is 38.1 Å². The highest BCUT2D eigenvalue weighted by molar-refractivity contribution is 6.17. The van der Waals surface area contributed by atoms with Crippen LogP contribution >= 0.6 is 11.6 Å². The van der Waals surface area contributed by atoms with Crippen molar-refractivity contribution in [3.8, 4) is 0 Å². The van der Waals surface area contributed by atoms with Gasteiger partial charge in [0.25, 0.3) is 0 Å². The van der Waals surface area contributed by atoms with Gasteiger partial charge < -0.3 is 9.73 Å². The Morgan fingerprint density at radius 3 is 2.83 bits per heavy atom. The molecular formula is C14H19ClN2O. The molecular weight excluding hydrogens is 248 g/mol. The first-order chi connectivity index (χ1) is 8.52. The zero-order chi connectivity index (χ0) is 13.2. The van der Waals surface area contributed by atoms with Crippen LogP contribution in [0.2, 0.25) is 0 Å². The molecule has 18 heavy (non-hydrogen) atoms. The minimum Gasteiger partial charge on any atom is -0.464 e. The molecule has 1 atom stereocenters. The number of hydrogen-bond acceptors (Lipinski definition) is 3. The van der Waals surface area contributed by atoms with Crippen LogP contribution in [0, 0.1) is 5.41 Å². The fourth-order valence-corrected chi connectivity index (χ4v) is 2.22. The average molecular weight is 267 g/mol. The number of nitrogens with zero attached hydrogens (tertiary/aromatic N) is 1. The van der Waals surface area contributed by atoms with E-state index in [0.29, 0.717) is 5.88 Å². The van der Waals surface area contributed by atoms with Crippen molar-refractivity contribution >= 4 is 28.4 Å². The van der Waals surface area contributed by atoms with Gasteiger partial charge in [0, 0.05) is 18.1 Å². The van der Waals surface area contributed by atoms with Crippen LogP contribution in [0.15, 0.2) is 29.0 Å². The van der Waals surface area contributed by atoms with Crippen LogP contribution in [0.25, 0.3) is 11.0 Å². The first-order valence-electron chi connectivity index (χ1n) is 6.17. The van der Waals surface area contributed by atoms with Crippen LogP contribution in [0.4, 0.5) is 5.82 Å². The second-order valence-electron chi connectivity index (χ2n) is 5.53. The molecule has 0 bridgehead atoms. The number of alkyl halides is 1. The van der Waals surface area contributed by atoms with Gasteiger partial charge in [-0.2, -0.15) is 0 Å². The molecule has 0 aliphatic heterocycles. The van der Waals surface area contributed by atoms with E-state index in [9.17, 15) is 0 Å². The van der Waals surface area contributed by atoms with Crippen molar-refractivity contribution in [2.75, 3.05) is 11.2 Å². The van der Waals surface area contributed by atoms with E-state index in [1.165, 1.54) is 0 Å². The first-order valence-corrected chi connectivity index (χ1v) is 6.70. The smallest absolute Gasteiger partial charge is 0.139 e. The van der Waals surface area contributed by atoms with Crippen LogP contribution in [-0.4, -0.2) is 16.9 Å². The third kappa shape index (κ3) is 2.78. The normalized spacial score (nSPS) is 13.8. The summed E-state index contributed by atoms with van der Waals surface area (Å²) < 4.78 is 5.38. The molecule has 2 aromatic heterocycles. The predicted octanol–water partition coefficient (Wildman–Crippen LogP) is 4.28. The lowest BCUT2D eigenvalue weighted by molar-refractivity contribution is 0.334. The summed E-state index contributed by atoms with van der Waals surface area (Å²) in [6, 6.07) is 4.09. The maximum Gasteiger partial charge on any atom is 0.139 e. The van der Waals surface area contributed by atoms with Crippen molar-refractivity contribution in [1.29, 1.82) is 0 Å². The Balaban J connectivity index is 2.28. The molecule has 0 amide bonds. The van der Waals surface area contributed by atoms with E-state index >= 15 is 0 Å². The van der Waals surface area contributed by atoms with Gasteiger partial charge in [-0.25, -0.2) is 4.98 Å². The SMILES string of the molecule is CC(C)(C)C(CCCl)Nc1nccc2occc12. The lowest BCUT2D eigenvalue weighted by Crippen LogP contribution is -2.34. The number of aromatic nitrogens is 1. The highest BCUT2D eigenvalue weighted by atomic mass is 35.5. The first kappa shape index (κ1) is 13.2. The van der Waals surface area contributed by atoms with Gasteiger partial charge in [-0.1, -0.05) is 20.8 Å². The molecule has 2 aromatic rings. The zero-order valence-electron chi connectivity index (χ0n) is 11.0. The minimum absolute atomic E-state index is 0.127. The van der Waals surface area contributed by atoms with Gasteiger partial charge in [-0.15, -0.1) is 11.6 Å². The summed E-state index contributed by atoms with van der Waals surface area (Å²) in [6.07, 6.45) is 4.35. The summed E-state index contributed by atoms with van der Waals surface area (Å²) in [5.74, 6) is 1.50. The van der Waals surface area contributed by atoms with E-state index < -0.39 is 0 Å². The molecule has 0 aliphatic rings. The Bertz CT molecular complexity index is 516. The number of rotatable bonds is 4. The minimum atomic E-state index is 0.127. The molecule has 0 aliphatic carbocycles. The number of fused-ring (bicyclic) bond motifs is 1. The van der Waals surface area contributed by atoms with Gasteiger partial charge >= 0.3 is 0 Å². The molecule has 2 rings (SSSR count). The van der Waals surface area contributed by atoms with Gasteiger partial charge in [-0.05, 0) is 24.0 Å². The predicted molar refractivity (Wildman–Crippen MR) is 76.2 cm³/mol. The molecule has 4 heteroatoms. The van der Waals surface area contributed by atoms with Gasteiger partial charge in [0.2, 0.25) is 0 Å². The van der Waals surface area contributed by atoms with Gasteiger partial charge in [0.05, 0.1) is 11.6 Å². The van der Waals surface area contributed by atoms with Gasteiger partial charge in [0.15, 0.2) is 0 Å². The molecule has 98 valence electrons. The van der Waals surface area contributed by atoms with Crippen LogP contribution in [0.3, 0.4) is 0 Å². The molecule has 3 nitrogen and oxygen atoms in total. The Hall–Kier alpha value is -1.22. The fourth-order valence-electron chi connectivity index (χ4n) is 2.01. The van der Waals surface area contributed by atoms with E-state index in [1.807, 2.05) is 12.1 Å². The molecule has 0 spiro atoms. The number of anilines is 1. The monoisotopic (exact) mass is 266 g/mol. The molecule has 0 aromatic carbocycles. The summed E-state index contributed by atoms with van der Waals surface area (Å²) in [4.78, 5) is 4.40. The van der Waals surface area contributed by atoms with E-state index in [-0.39, 0.29) is 11.5 Å². The number of halogens is 1. The molecule has 0 saturated carbocycles. The summed E-state index contributed by atoms with van der Waals surface area (Å²) in [5, 5.41) is 4.51. The quantitative estimate of drug-likeness (QED) is 0.839. The second kappa shape index (κ2) is 5.19. The Morgan fingerprint density at radius 1 is 1.39 bits per heavy atom. The van der Waals surface area contributed by atoms with Crippen molar-refractivity contribution in [3.05, 3.63) is 24.6 Å². The third-order valence-corrected chi connectivity index (χ3v) is 3.35. The van der Waals surface area contributed by atoms with E-state index in [0.717, 1.165) is 23.2 Å².